The Labute approximate surface area is 156 Å². The van der Waals surface area contributed by atoms with Gasteiger partial charge in [0, 0.05) is 40.7 Å². The van der Waals surface area contributed by atoms with Crippen LogP contribution in [0.5, 0.6) is 0 Å². The van der Waals surface area contributed by atoms with E-state index in [1.54, 1.807) is 38.4 Å². The fourth-order valence-corrected chi connectivity index (χ4v) is 4.47. The summed E-state index contributed by atoms with van der Waals surface area (Å²) < 4.78 is 26.0. The quantitative estimate of drug-likeness (QED) is 0.696. The van der Waals surface area contributed by atoms with E-state index in [4.69, 9.17) is 0 Å². The van der Waals surface area contributed by atoms with Crippen LogP contribution in [-0.4, -0.2) is 40.3 Å². The Balaban J connectivity index is 1.89. The molecule has 1 saturated carbocycles. The van der Waals surface area contributed by atoms with Gasteiger partial charge in [-0.25, -0.2) is 18.1 Å². The predicted molar refractivity (Wildman–Crippen MR) is 98.4 cm³/mol. The van der Waals surface area contributed by atoms with Crippen molar-refractivity contribution in [2.45, 2.75) is 47.4 Å². The van der Waals surface area contributed by atoms with Gasteiger partial charge in [0.2, 0.25) is 0 Å². The van der Waals surface area contributed by atoms with Gasteiger partial charge in [-0.2, -0.15) is 0 Å². The molecule has 1 aliphatic carbocycles. The van der Waals surface area contributed by atoms with E-state index in [1.807, 2.05) is 0 Å². The molecular weight excluding hydrogens is 374 g/mol. The highest BCUT2D eigenvalue weighted by Crippen LogP contribution is 2.38. The average molecular weight is 393 g/mol. The van der Waals surface area contributed by atoms with E-state index in [2.05, 4.69) is 14.7 Å². The monoisotopic (exact) mass is 393 g/mol. The Morgan fingerprint density at radius 1 is 1.27 bits per heavy atom. The summed E-state index contributed by atoms with van der Waals surface area (Å²) in [5, 5.41) is 9.31. The third kappa shape index (κ3) is 4.22. The highest BCUT2D eigenvalue weighted by molar-refractivity contribution is 8.01. The first-order valence-electron chi connectivity index (χ1n) is 8.04. The molecule has 3 rings (SSSR count). The van der Waals surface area contributed by atoms with E-state index < -0.39 is 20.7 Å². The van der Waals surface area contributed by atoms with Gasteiger partial charge in [-0.1, -0.05) is 0 Å². The smallest absolute Gasteiger partial charge is 0.319 e. The maximum atomic E-state index is 12.2. The van der Waals surface area contributed by atoms with E-state index >= 15 is 0 Å². The Bertz CT molecular complexity index is 923. The zero-order valence-corrected chi connectivity index (χ0v) is 16.0. The minimum absolute atomic E-state index is 0.0149. The molecule has 26 heavy (non-hydrogen) atoms. The molecular formula is C17H19N3O4S2. The zero-order chi connectivity index (χ0) is 18.9. The van der Waals surface area contributed by atoms with Crippen LogP contribution < -0.4 is 4.72 Å². The van der Waals surface area contributed by atoms with Crippen LogP contribution in [-0.2, 0) is 14.8 Å². The van der Waals surface area contributed by atoms with Crippen LogP contribution in [0.25, 0.3) is 11.1 Å². The standard InChI is InChI=1S/C17H19N3O4S2/c1-17(2,16(21)22)25-14-7-8-18-10-13(14)11-3-6-15(19-9-11)26(23,24)20-12-4-5-12/h3,6-10,12,20H,4-5H2,1-2H3,(H,21,22). The minimum Gasteiger partial charge on any atom is -0.480 e. The predicted octanol–water partition coefficient (Wildman–Crippen LogP) is 2.54. The van der Waals surface area contributed by atoms with Gasteiger partial charge in [-0.3, -0.25) is 9.78 Å². The van der Waals surface area contributed by atoms with E-state index in [9.17, 15) is 18.3 Å². The number of hydrogen-bond acceptors (Lipinski definition) is 6. The van der Waals surface area contributed by atoms with Crippen LogP contribution in [0.4, 0.5) is 0 Å². The normalized spacial score (nSPS) is 15.0. The lowest BCUT2D eigenvalue weighted by molar-refractivity contribution is -0.138. The van der Waals surface area contributed by atoms with Crippen molar-refractivity contribution in [2.75, 3.05) is 0 Å². The lowest BCUT2D eigenvalue weighted by Gasteiger charge is -2.20. The fourth-order valence-electron chi connectivity index (χ4n) is 2.19. The molecule has 2 heterocycles. The van der Waals surface area contributed by atoms with Crippen LogP contribution in [0.1, 0.15) is 26.7 Å². The molecule has 0 radical (unpaired) electrons. The third-order valence-corrected chi connectivity index (χ3v) is 6.58. The summed E-state index contributed by atoms with van der Waals surface area (Å²) in [6.45, 7) is 3.25. The maximum absolute atomic E-state index is 12.2. The van der Waals surface area contributed by atoms with Crippen molar-refractivity contribution in [3.63, 3.8) is 0 Å². The summed E-state index contributed by atoms with van der Waals surface area (Å²) in [5.74, 6) is -0.920. The molecule has 0 aliphatic heterocycles. The molecule has 0 amide bonds. The second-order valence-corrected chi connectivity index (χ2v) is 9.90. The number of carbonyl (C=O) groups is 1. The number of nitrogens with zero attached hydrogens (tertiary/aromatic N) is 2. The molecule has 2 N–H and O–H groups in total. The number of aliphatic carboxylic acids is 1. The maximum Gasteiger partial charge on any atom is 0.319 e. The molecule has 0 spiro atoms. The molecule has 0 bridgehead atoms. The van der Waals surface area contributed by atoms with Gasteiger partial charge in [0.05, 0.1) is 0 Å². The molecule has 138 valence electrons. The van der Waals surface area contributed by atoms with E-state index in [0.29, 0.717) is 11.1 Å². The van der Waals surface area contributed by atoms with Crippen molar-refractivity contribution >= 4 is 27.8 Å². The first-order valence-corrected chi connectivity index (χ1v) is 10.3. The highest BCUT2D eigenvalue weighted by Gasteiger charge is 2.30. The van der Waals surface area contributed by atoms with Gasteiger partial charge in [-0.05, 0) is 44.9 Å². The molecule has 0 unspecified atom stereocenters. The van der Waals surface area contributed by atoms with Crippen LogP contribution in [0.2, 0.25) is 0 Å². The van der Waals surface area contributed by atoms with Crippen LogP contribution >= 0.6 is 11.8 Å². The highest BCUT2D eigenvalue weighted by atomic mass is 32.2. The second kappa shape index (κ2) is 6.98. The largest absolute Gasteiger partial charge is 0.480 e. The second-order valence-electron chi connectivity index (χ2n) is 6.57. The van der Waals surface area contributed by atoms with Crippen molar-refractivity contribution < 1.29 is 18.3 Å². The van der Waals surface area contributed by atoms with Crippen molar-refractivity contribution in [2.24, 2.45) is 0 Å². The molecule has 2 aromatic heterocycles. The fraction of sp³-hybridized carbons (Fsp3) is 0.353. The van der Waals surface area contributed by atoms with Gasteiger partial charge in [-0.15, -0.1) is 11.8 Å². The lowest BCUT2D eigenvalue weighted by Crippen LogP contribution is -2.27. The zero-order valence-electron chi connectivity index (χ0n) is 14.3. The number of aromatic nitrogens is 2. The Morgan fingerprint density at radius 3 is 2.58 bits per heavy atom. The molecule has 7 nitrogen and oxygen atoms in total. The van der Waals surface area contributed by atoms with Crippen LogP contribution in [0.3, 0.4) is 0 Å². The first-order chi connectivity index (χ1) is 12.2. The minimum atomic E-state index is -3.61. The van der Waals surface area contributed by atoms with Gasteiger partial charge >= 0.3 is 5.97 Å². The molecule has 1 fully saturated rings. The van der Waals surface area contributed by atoms with Crippen molar-refractivity contribution in [3.8, 4) is 11.1 Å². The molecule has 1 aliphatic rings. The number of hydrogen-bond donors (Lipinski definition) is 2. The van der Waals surface area contributed by atoms with E-state index in [-0.39, 0.29) is 11.1 Å². The Kier molecular flexibility index (Phi) is 5.05. The molecule has 0 atom stereocenters. The summed E-state index contributed by atoms with van der Waals surface area (Å²) in [5.41, 5.74) is 1.38. The van der Waals surface area contributed by atoms with Crippen molar-refractivity contribution in [1.82, 2.24) is 14.7 Å². The van der Waals surface area contributed by atoms with Crippen LogP contribution in [0, 0.1) is 0 Å². The van der Waals surface area contributed by atoms with Crippen LogP contribution in [0.15, 0.2) is 46.7 Å². The van der Waals surface area contributed by atoms with Gasteiger partial charge in [0.1, 0.15) is 4.75 Å². The number of carboxylic acids is 1. The molecule has 0 saturated heterocycles. The molecule has 9 heteroatoms. The summed E-state index contributed by atoms with van der Waals surface area (Å²) in [4.78, 5) is 20.3. The van der Waals surface area contributed by atoms with E-state index in [0.717, 1.165) is 17.7 Å². The van der Waals surface area contributed by atoms with Gasteiger partial charge in [0.25, 0.3) is 10.0 Å². The first kappa shape index (κ1) is 18.8. The molecule has 2 aromatic rings. The summed E-state index contributed by atoms with van der Waals surface area (Å²) in [6.07, 6.45) is 6.39. The number of rotatable bonds is 7. The number of sulfonamides is 1. The topological polar surface area (TPSA) is 109 Å². The summed E-state index contributed by atoms with van der Waals surface area (Å²) in [7, 11) is -3.61. The SMILES string of the molecule is CC(C)(Sc1ccncc1-c1ccc(S(=O)(=O)NC2CC2)nc1)C(=O)O. The number of pyridine rings is 2. The lowest BCUT2D eigenvalue weighted by atomic mass is 10.1. The van der Waals surface area contributed by atoms with E-state index in [1.165, 1.54) is 24.0 Å². The van der Waals surface area contributed by atoms with Crippen molar-refractivity contribution in [1.29, 1.82) is 0 Å². The van der Waals surface area contributed by atoms with Gasteiger partial charge in [0.15, 0.2) is 5.03 Å². The number of thioether (sulfide) groups is 1. The third-order valence-electron chi connectivity index (χ3n) is 3.88. The van der Waals surface area contributed by atoms with Gasteiger partial charge < -0.3 is 5.11 Å². The summed E-state index contributed by atoms with van der Waals surface area (Å²) >= 11 is 1.20. The average Bonchev–Trinajstić information content (AvgIpc) is 3.38. The molecule has 0 aromatic carbocycles. The number of nitrogens with one attached hydrogen (secondary N) is 1. The van der Waals surface area contributed by atoms with Crippen molar-refractivity contribution in [3.05, 3.63) is 36.8 Å². The Hall–Kier alpha value is -1.97. The summed E-state index contributed by atoms with van der Waals surface area (Å²) in [6, 6.07) is 4.86. The Morgan fingerprint density at radius 2 is 2.00 bits per heavy atom. The number of carboxylic acid groups (broad SMARTS) is 1.